The number of aliphatic hydroxyl groups is 1. The summed E-state index contributed by atoms with van der Waals surface area (Å²) in [6.45, 7) is 5.39. The van der Waals surface area contributed by atoms with E-state index in [1.165, 1.54) is 39.0 Å². The van der Waals surface area contributed by atoms with Crippen molar-refractivity contribution in [1.82, 2.24) is 10.6 Å². The number of guanidine groups is 1. The second-order valence-electron chi connectivity index (χ2n) is 7.98. The Hall–Kier alpha value is -1.83. The van der Waals surface area contributed by atoms with Gasteiger partial charge in [0.2, 0.25) is 5.91 Å². The van der Waals surface area contributed by atoms with Crippen molar-refractivity contribution in [2.24, 2.45) is 23.5 Å². The molecule has 162 valence electrons. The van der Waals surface area contributed by atoms with Crippen LogP contribution in [0.3, 0.4) is 0 Å². The van der Waals surface area contributed by atoms with Gasteiger partial charge in [0.05, 0.1) is 12.0 Å². The van der Waals surface area contributed by atoms with E-state index in [9.17, 15) is 19.8 Å². The van der Waals surface area contributed by atoms with Crippen molar-refractivity contribution in [1.29, 1.82) is 5.41 Å². The number of nitrogens with one attached hydrogen (secondary N) is 3. The molecule has 2 aliphatic rings. The number of carbonyl (C=O) groups is 2. The summed E-state index contributed by atoms with van der Waals surface area (Å²) in [6, 6.07) is -0.847. The van der Waals surface area contributed by atoms with Gasteiger partial charge in [-0.3, -0.25) is 15.0 Å². The van der Waals surface area contributed by atoms with E-state index in [1.807, 2.05) is 13.8 Å². The van der Waals surface area contributed by atoms with Crippen molar-refractivity contribution in [2.75, 3.05) is 0 Å². The molecule has 2 saturated carbocycles. The first-order valence-electron chi connectivity index (χ1n) is 10.5. The third kappa shape index (κ3) is 6.96. The van der Waals surface area contributed by atoms with Gasteiger partial charge in [0.25, 0.3) is 0 Å². The number of nitrogens with two attached hydrogens (primary N) is 1. The molecule has 0 aromatic heterocycles. The van der Waals surface area contributed by atoms with Crippen LogP contribution in [0.5, 0.6) is 0 Å². The summed E-state index contributed by atoms with van der Waals surface area (Å²) < 4.78 is 0. The molecule has 0 heterocycles. The van der Waals surface area contributed by atoms with Crippen LogP contribution in [-0.2, 0) is 9.59 Å². The first-order valence-corrected chi connectivity index (χ1v) is 10.5. The van der Waals surface area contributed by atoms with E-state index in [-0.39, 0.29) is 30.2 Å². The molecule has 8 heteroatoms. The van der Waals surface area contributed by atoms with Crippen LogP contribution in [0.2, 0.25) is 0 Å². The number of carbonyl (C=O) groups excluding carboxylic acids is 1. The lowest BCUT2D eigenvalue weighted by Crippen LogP contribution is -2.54. The fourth-order valence-electron chi connectivity index (χ4n) is 4.58. The number of aliphatic carboxylic acids is 1. The molecule has 0 aromatic rings. The van der Waals surface area contributed by atoms with Crippen LogP contribution in [0.4, 0.5) is 0 Å². The Morgan fingerprint density at radius 3 is 2.00 bits per heavy atom. The van der Waals surface area contributed by atoms with Gasteiger partial charge >= 0.3 is 5.97 Å². The number of rotatable bonds is 7. The van der Waals surface area contributed by atoms with Gasteiger partial charge in [-0.15, -0.1) is 0 Å². The van der Waals surface area contributed by atoms with E-state index >= 15 is 0 Å². The van der Waals surface area contributed by atoms with Crippen molar-refractivity contribution in [3.05, 3.63) is 0 Å². The van der Waals surface area contributed by atoms with Gasteiger partial charge in [-0.1, -0.05) is 58.8 Å². The van der Waals surface area contributed by atoms with Gasteiger partial charge in [0, 0.05) is 24.9 Å². The highest BCUT2D eigenvalue weighted by atomic mass is 16.4. The molecule has 0 bridgehead atoms. The van der Waals surface area contributed by atoms with Gasteiger partial charge in [0.1, 0.15) is 0 Å². The van der Waals surface area contributed by atoms with Crippen LogP contribution >= 0.6 is 0 Å². The fraction of sp³-hybridized carbons (Fsp3) is 0.850. The lowest BCUT2D eigenvalue weighted by atomic mass is 9.80. The van der Waals surface area contributed by atoms with Gasteiger partial charge in [-0.2, -0.15) is 0 Å². The van der Waals surface area contributed by atoms with Crippen LogP contribution in [0.1, 0.15) is 72.1 Å². The normalized spacial score (nSPS) is 27.6. The molecule has 0 aromatic carbocycles. The second kappa shape index (κ2) is 11.9. The molecule has 7 N–H and O–H groups in total. The molecule has 2 aliphatic carbocycles. The number of aliphatic hydroxyl groups excluding tert-OH is 1. The van der Waals surface area contributed by atoms with Crippen LogP contribution < -0.4 is 16.4 Å². The average Bonchev–Trinajstić information content (AvgIpc) is 3.26. The van der Waals surface area contributed by atoms with Crippen molar-refractivity contribution in [3.63, 3.8) is 0 Å². The quantitative estimate of drug-likeness (QED) is 0.284. The molecule has 2 fully saturated rings. The standard InChI is InChI=1S/C15H28N4O4.C5H10/c1-4-8(5-2)12(18-7(3)20)11-10(19-15(16)17)6-9(13(11)21)14(22)23;1-2-4-5-3-1/h8-13,21H,4-6H2,1-3H3,(H,18,20)(H,22,23)(H4,16,17,19);1-5H2/t9-,10+,11+,12?,13+;/m0./s1. The third-order valence-electron chi connectivity index (χ3n) is 6.03. The van der Waals surface area contributed by atoms with Crippen molar-refractivity contribution in [3.8, 4) is 0 Å². The summed E-state index contributed by atoms with van der Waals surface area (Å²) in [4.78, 5) is 23.0. The molecule has 2 rings (SSSR count). The van der Waals surface area contributed by atoms with Gasteiger partial charge < -0.3 is 26.6 Å². The Labute approximate surface area is 168 Å². The molecule has 8 nitrogen and oxygen atoms in total. The van der Waals surface area contributed by atoms with Crippen LogP contribution in [0.25, 0.3) is 0 Å². The Morgan fingerprint density at radius 2 is 1.64 bits per heavy atom. The maximum absolute atomic E-state index is 11.6. The van der Waals surface area contributed by atoms with Crippen LogP contribution in [0.15, 0.2) is 0 Å². The zero-order valence-electron chi connectivity index (χ0n) is 17.4. The average molecular weight is 399 g/mol. The Morgan fingerprint density at radius 1 is 1.14 bits per heavy atom. The first kappa shape index (κ1) is 24.2. The third-order valence-corrected chi connectivity index (χ3v) is 6.03. The molecular formula is C20H38N4O4. The largest absolute Gasteiger partial charge is 0.481 e. The number of carboxylic acids is 1. The molecule has 1 amide bonds. The predicted octanol–water partition coefficient (Wildman–Crippen LogP) is 1.81. The van der Waals surface area contributed by atoms with E-state index in [2.05, 4.69) is 10.6 Å². The molecule has 0 spiro atoms. The van der Waals surface area contributed by atoms with E-state index in [0.29, 0.717) is 0 Å². The summed E-state index contributed by atoms with van der Waals surface area (Å²) in [5, 5.41) is 32.9. The van der Waals surface area contributed by atoms with E-state index in [4.69, 9.17) is 11.1 Å². The minimum absolute atomic E-state index is 0.0994. The highest BCUT2D eigenvalue weighted by Gasteiger charge is 2.50. The number of hydrogen-bond acceptors (Lipinski definition) is 4. The minimum Gasteiger partial charge on any atom is -0.481 e. The maximum atomic E-state index is 11.6. The van der Waals surface area contributed by atoms with Gasteiger partial charge in [-0.25, -0.2) is 0 Å². The van der Waals surface area contributed by atoms with Crippen LogP contribution in [0, 0.1) is 23.2 Å². The Bertz CT molecular complexity index is 513. The molecule has 28 heavy (non-hydrogen) atoms. The number of carboxylic acid groups (broad SMARTS) is 1. The molecule has 0 saturated heterocycles. The van der Waals surface area contributed by atoms with Crippen molar-refractivity contribution >= 4 is 17.8 Å². The predicted molar refractivity (Wildman–Crippen MR) is 109 cm³/mol. The Balaban J connectivity index is 0.000000674. The molecule has 0 aliphatic heterocycles. The number of hydrogen-bond donors (Lipinski definition) is 6. The maximum Gasteiger partial charge on any atom is 0.309 e. The summed E-state index contributed by atoms with van der Waals surface area (Å²) in [5.74, 6) is -2.95. The molecule has 1 unspecified atom stereocenters. The zero-order valence-corrected chi connectivity index (χ0v) is 17.4. The lowest BCUT2D eigenvalue weighted by molar-refractivity contribution is -0.145. The van der Waals surface area contributed by atoms with Gasteiger partial charge in [-0.05, 0) is 12.3 Å². The van der Waals surface area contributed by atoms with E-state index in [0.717, 1.165) is 12.8 Å². The smallest absolute Gasteiger partial charge is 0.309 e. The topological polar surface area (TPSA) is 149 Å². The monoisotopic (exact) mass is 398 g/mol. The van der Waals surface area contributed by atoms with E-state index < -0.39 is 30.0 Å². The first-order chi connectivity index (χ1) is 13.2. The minimum atomic E-state index is -1.11. The highest BCUT2D eigenvalue weighted by Crippen LogP contribution is 2.37. The molecule has 5 atom stereocenters. The Kier molecular flexibility index (Phi) is 10.3. The van der Waals surface area contributed by atoms with Crippen molar-refractivity contribution in [2.45, 2.75) is 90.3 Å². The van der Waals surface area contributed by atoms with Crippen molar-refractivity contribution < 1.29 is 19.8 Å². The zero-order chi connectivity index (χ0) is 21.3. The SMILES string of the molecule is C1CCCC1.CCC(CC)C(NC(C)=O)[C@@H]1[C@H](O)[C@@H](C(=O)O)C[C@H]1NC(=N)N. The molecule has 0 radical (unpaired) electrons. The summed E-state index contributed by atoms with van der Waals surface area (Å²) in [6.07, 6.45) is 8.13. The summed E-state index contributed by atoms with van der Waals surface area (Å²) >= 11 is 0. The second-order valence-corrected chi connectivity index (χ2v) is 7.98. The van der Waals surface area contributed by atoms with Gasteiger partial charge in [0.15, 0.2) is 5.96 Å². The fourth-order valence-corrected chi connectivity index (χ4v) is 4.58. The number of amides is 1. The van der Waals surface area contributed by atoms with E-state index in [1.54, 1.807) is 0 Å². The summed E-state index contributed by atoms with van der Waals surface area (Å²) in [7, 11) is 0. The lowest BCUT2D eigenvalue weighted by Gasteiger charge is -2.36. The molecular weight excluding hydrogens is 360 g/mol. The highest BCUT2D eigenvalue weighted by molar-refractivity contribution is 5.76. The van der Waals surface area contributed by atoms with Crippen LogP contribution in [-0.4, -0.2) is 46.2 Å². The summed E-state index contributed by atoms with van der Waals surface area (Å²) in [5.41, 5.74) is 5.40.